The van der Waals surface area contributed by atoms with E-state index in [2.05, 4.69) is 10.6 Å². The summed E-state index contributed by atoms with van der Waals surface area (Å²) in [4.78, 5) is 12.3. The monoisotopic (exact) mass is 286 g/mol. The molecule has 0 aliphatic rings. The van der Waals surface area contributed by atoms with Gasteiger partial charge in [-0.2, -0.15) is 0 Å². The topological polar surface area (TPSA) is 70.6 Å². The Bertz CT molecular complexity index is 641. The molecule has 2 aromatic carbocycles. The summed E-state index contributed by atoms with van der Waals surface area (Å²) < 4.78 is 5.00. The quantitative estimate of drug-likeness (QED) is 0.789. The lowest BCUT2D eigenvalue weighted by atomic mass is 10.1. The number of para-hydroxylation sites is 1. The second kappa shape index (κ2) is 6.76. The highest BCUT2D eigenvalue weighted by Gasteiger charge is 2.13. The van der Waals surface area contributed by atoms with Crippen LogP contribution in [0.25, 0.3) is 0 Å². The molecule has 0 spiro atoms. The molecule has 0 aliphatic heterocycles. The summed E-state index contributed by atoms with van der Waals surface area (Å²) in [5.41, 5.74) is 1.89. The van der Waals surface area contributed by atoms with Crippen molar-refractivity contribution >= 4 is 11.6 Å². The van der Waals surface area contributed by atoms with Gasteiger partial charge in [-0.1, -0.05) is 18.2 Å². The van der Waals surface area contributed by atoms with Crippen molar-refractivity contribution in [2.75, 3.05) is 19.5 Å². The molecule has 0 aliphatic carbocycles. The van der Waals surface area contributed by atoms with Crippen molar-refractivity contribution in [3.63, 3.8) is 0 Å². The van der Waals surface area contributed by atoms with Crippen LogP contribution in [0, 0.1) is 0 Å². The Kier molecular flexibility index (Phi) is 4.79. The first-order valence-electron chi connectivity index (χ1n) is 6.56. The van der Waals surface area contributed by atoms with Crippen molar-refractivity contribution in [1.82, 2.24) is 5.32 Å². The smallest absolute Gasteiger partial charge is 0.259 e. The second-order valence-electron chi connectivity index (χ2n) is 4.52. The number of aromatic hydroxyl groups is 1. The number of carbonyl (C=O) groups is 1. The van der Waals surface area contributed by atoms with Crippen LogP contribution in [0.4, 0.5) is 5.69 Å². The lowest BCUT2D eigenvalue weighted by Crippen LogP contribution is -2.15. The van der Waals surface area contributed by atoms with Gasteiger partial charge in [0, 0.05) is 18.3 Å². The van der Waals surface area contributed by atoms with Crippen LogP contribution >= 0.6 is 0 Å². The van der Waals surface area contributed by atoms with Gasteiger partial charge in [-0.25, -0.2) is 0 Å². The lowest BCUT2D eigenvalue weighted by Gasteiger charge is -2.12. The average molecular weight is 286 g/mol. The summed E-state index contributed by atoms with van der Waals surface area (Å²) in [5.74, 6) is 0.0243. The van der Waals surface area contributed by atoms with Crippen molar-refractivity contribution in [2.24, 2.45) is 0 Å². The second-order valence-corrected chi connectivity index (χ2v) is 4.52. The van der Waals surface area contributed by atoms with Crippen LogP contribution in [0.2, 0.25) is 0 Å². The first kappa shape index (κ1) is 14.9. The van der Waals surface area contributed by atoms with Crippen LogP contribution in [-0.4, -0.2) is 25.2 Å². The molecular weight excluding hydrogens is 268 g/mol. The number of phenolic OH excluding ortho intramolecular Hbond substituents is 1. The highest BCUT2D eigenvalue weighted by atomic mass is 16.5. The first-order valence-corrected chi connectivity index (χ1v) is 6.56. The Morgan fingerprint density at radius 3 is 2.67 bits per heavy atom. The summed E-state index contributed by atoms with van der Waals surface area (Å²) in [7, 11) is 3.34. The van der Waals surface area contributed by atoms with Crippen molar-refractivity contribution in [3.8, 4) is 11.5 Å². The highest BCUT2D eigenvalue weighted by molar-refractivity contribution is 6.06. The lowest BCUT2D eigenvalue weighted by molar-refractivity contribution is 0.102. The standard InChI is InChI=1S/C16H18N2O3/c1-17-10-11-5-3-4-6-14(11)18-16(20)13-8-7-12(21-2)9-15(13)19/h3-9,17,19H,10H2,1-2H3,(H,18,20). The number of carbonyl (C=O) groups excluding carboxylic acids is 1. The number of hydrogen-bond donors (Lipinski definition) is 3. The van der Waals surface area contributed by atoms with Gasteiger partial charge in [0.1, 0.15) is 11.5 Å². The van der Waals surface area contributed by atoms with E-state index in [1.807, 2.05) is 31.3 Å². The molecule has 0 aromatic heterocycles. The Morgan fingerprint density at radius 2 is 2.00 bits per heavy atom. The van der Waals surface area contributed by atoms with Gasteiger partial charge >= 0.3 is 0 Å². The molecule has 110 valence electrons. The zero-order chi connectivity index (χ0) is 15.2. The van der Waals surface area contributed by atoms with Gasteiger partial charge < -0.3 is 20.5 Å². The van der Waals surface area contributed by atoms with E-state index in [0.29, 0.717) is 18.0 Å². The van der Waals surface area contributed by atoms with Crippen LogP contribution in [0.1, 0.15) is 15.9 Å². The predicted molar refractivity (Wildman–Crippen MR) is 81.8 cm³/mol. The van der Waals surface area contributed by atoms with E-state index in [1.54, 1.807) is 6.07 Å². The number of ether oxygens (including phenoxy) is 1. The SMILES string of the molecule is CNCc1ccccc1NC(=O)c1ccc(OC)cc1O. The molecule has 0 heterocycles. The summed E-state index contributed by atoms with van der Waals surface area (Å²) in [6.07, 6.45) is 0. The van der Waals surface area contributed by atoms with Crippen molar-refractivity contribution in [3.05, 3.63) is 53.6 Å². The van der Waals surface area contributed by atoms with Crippen LogP contribution in [0.5, 0.6) is 11.5 Å². The fourth-order valence-corrected chi connectivity index (χ4v) is 2.01. The van der Waals surface area contributed by atoms with E-state index in [-0.39, 0.29) is 17.2 Å². The van der Waals surface area contributed by atoms with Crippen LogP contribution < -0.4 is 15.4 Å². The molecule has 5 nitrogen and oxygen atoms in total. The molecule has 0 bridgehead atoms. The highest BCUT2D eigenvalue weighted by Crippen LogP contribution is 2.25. The summed E-state index contributed by atoms with van der Waals surface area (Å²) in [6.45, 7) is 0.644. The Balaban J connectivity index is 2.22. The number of anilines is 1. The maximum Gasteiger partial charge on any atom is 0.259 e. The Labute approximate surface area is 123 Å². The fraction of sp³-hybridized carbons (Fsp3) is 0.188. The third kappa shape index (κ3) is 3.52. The molecule has 3 N–H and O–H groups in total. The summed E-state index contributed by atoms with van der Waals surface area (Å²) in [6, 6.07) is 12.1. The number of hydrogen-bond acceptors (Lipinski definition) is 4. The summed E-state index contributed by atoms with van der Waals surface area (Å²) >= 11 is 0. The number of benzene rings is 2. The molecule has 0 saturated carbocycles. The van der Waals surface area contributed by atoms with Gasteiger partial charge in [-0.3, -0.25) is 4.79 Å². The van der Waals surface area contributed by atoms with Crippen LogP contribution in [0.15, 0.2) is 42.5 Å². The van der Waals surface area contributed by atoms with Crippen molar-refractivity contribution in [2.45, 2.75) is 6.54 Å². The number of rotatable bonds is 5. The number of nitrogens with one attached hydrogen (secondary N) is 2. The summed E-state index contributed by atoms with van der Waals surface area (Å²) in [5, 5.41) is 15.7. The largest absolute Gasteiger partial charge is 0.507 e. The average Bonchev–Trinajstić information content (AvgIpc) is 2.49. The van der Waals surface area contributed by atoms with E-state index in [9.17, 15) is 9.90 Å². The molecular formula is C16H18N2O3. The molecule has 2 rings (SSSR count). The fourth-order valence-electron chi connectivity index (χ4n) is 2.01. The van der Waals surface area contributed by atoms with Gasteiger partial charge in [-0.05, 0) is 30.8 Å². The minimum atomic E-state index is -0.362. The molecule has 0 fully saturated rings. The minimum Gasteiger partial charge on any atom is -0.507 e. The van der Waals surface area contributed by atoms with Crippen molar-refractivity contribution in [1.29, 1.82) is 0 Å². The van der Waals surface area contributed by atoms with E-state index in [0.717, 1.165) is 5.56 Å². The minimum absolute atomic E-state index is 0.113. The van der Waals surface area contributed by atoms with Gasteiger partial charge in [-0.15, -0.1) is 0 Å². The number of phenols is 1. The molecule has 0 radical (unpaired) electrons. The molecule has 5 heteroatoms. The van der Waals surface area contributed by atoms with E-state index < -0.39 is 0 Å². The number of methoxy groups -OCH3 is 1. The van der Waals surface area contributed by atoms with E-state index >= 15 is 0 Å². The van der Waals surface area contributed by atoms with E-state index in [1.165, 1.54) is 19.2 Å². The molecule has 1 amide bonds. The zero-order valence-electron chi connectivity index (χ0n) is 12.0. The third-order valence-corrected chi connectivity index (χ3v) is 3.08. The van der Waals surface area contributed by atoms with Crippen LogP contribution in [-0.2, 0) is 6.54 Å². The van der Waals surface area contributed by atoms with Gasteiger partial charge in [0.15, 0.2) is 0 Å². The van der Waals surface area contributed by atoms with Gasteiger partial charge in [0.25, 0.3) is 5.91 Å². The third-order valence-electron chi connectivity index (χ3n) is 3.08. The van der Waals surface area contributed by atoms with Crippen molar-refractivity contribution < 1.29 is 14.6 Å². The van der Waals surface area contributed by atoms with Crippen LogP contribution in [0.3, 0.4) is 0 Å². The molecule has 2 aromatic rings. The normalized spacial score (nSPS) is 10.2. The molecule has 0 atom stereocenters. The predicted octanol–water partition coefficient (Wildman–Crippen LogP) is 2.37. The Hall–Kier alpha value is -2.53. The van der Waals surface area contributed by atoms with E-state index in [4.69, 9.17) is 4.74 Å². The molecule has 0 saturated heterocycles. The first-order chi connectivity index (χ1) is 10.2. The zero-order valence-corrected chi connectivity index (χ0v) is 12.0. The van der Waals surface area contributed by atoms with Gasteiger partial charge in [0.05, 0.1) is 12.7 Å². The molecule has 21 heavy (non-hydrogen) atoms. The number of amides is 1. The molecule has 0 unspecified atom stereocenters. The van der Waals surface area contributed by atoms with Gasteiger partial charge in [0.2, 0.25) is 0 Å². The maximum atomic E-state index is 12.3. The Morgan fingerprint density at radius 1 is 1.24 bits per heavy atom. The maximum absolute atomic E-state index is 12.3.